The number of amides is 2. The number of ether oxygens (including phenoxy) is 4. The highest BCUT2D eigenvalue weighted by Crippen LogP contribution is 2.40. The summed E-state index contributed by atoms with van der Waals surface area (Å²) in [5, 5.41) is 4.53. The van der Waals surface area contributed by atoms with E-state index in [9.17, 15) is 23.2 Å². The number of fused-ring (bicyclic) bond motifs is 1. The third-order valence-electron chi connectivity index (χ3n) is 4.05. The maximum atomic E-state index is 13.1. The van der Waals surface area contributed by atoms with Crippen LogP contribution in [-0.2, 0) is 14.3 Å². The quantitative estimate of drug-likeness (QED) is 0.635. The molecular formula is C20H18F2N2O7. The lowest BCUT2D eigenvalue weighted by Gasteiger charge is -2.21. The predicted molar refractivity (Wildman–Crippen MR) is 102 cm³/mol. The minimum absolute atomic E-state index is 0.0251. The molecule has 2 aromatic carbocycles. The fourth-order valence-corrected chi connectivity index (χ4v) is 2.61. The standard InChI is InChI=1S/C20H18F2N2O7/c1-28-15-6-11(7-16-19(15)30-5-4-29-16)20(27)31-10-18(26)23-9-17(25)24-12-2-3-13(21)14(22)8-12/h2-3,6-8H,4-5,9-10H2,1H3,(H,23,26)(H,24,25). The molecule has 0 unspecified atom stereocenters. The van der Waals surface area contributed by atoms with Crippen LogP contribution in [0.5, 0.6) is 17.2 Å². The molecule has 2 N–H and O–H groups in total. The van der Waals surface area contributed by atoms with E-state index in [0.29, 0.717) is 24.7 Å². The number of rotatable bonds is 7. The van der Waals surface area contributed by atoms with Gasteiger partial charge < -0.3 is 29.6 Å². The molecule has 0 spiro atoms. The van der Waals surface area contributed by atoms with Crippen molar-refractivity contribution in [2.24, 2.45) is 0 Å². The van der Waals surface area contributed by atoms with Gasteiger partial charge in [0.2, 0.25) is 11.7 Å². The minimum atomic E-state index is -1.12. The lowest BCUT2D eigenvalue weighted by atomic mass is 10.1. The highest BCUT2D eigenvalue weighted by molar-refractivity contribution is 5.96. The second-order valence-corrected chi connectivity index (χ2v) is 6.23. The lowest BCUT2D eigenvalue weighted by molar-refractivity contribution is -0.126. The second-order valence-electron chi connectivity index (χ2n) is 6.23. The summed E-state index contributed by atoms with van der Waals surface area (Å²) in [6.45, 7) is -0.456. The van der Waals surface area contributed by atoms with Crippen LogP contribution in [0, 0.1) is 11.6 Å². The van der Waals surface area contributed by atoms with Gasteiger partial charge in [0.05, 0.1) is 19.2 Å². The maximum Gasteiger partial charge on any atom is 0.338 e. The number of carbonyl (C=O) groups excluding carboxylic acids is 3. The third-order valence-corrected chi connectivity index (χ3v) is 4.05. The molecule has 0 saturated heterocycles. The Labute approximate surface area is 175 Å². The van der Waals surface area contributed by atoms with Crippen molar-refractivity contribution in [1.82, 2.24) is 5.32 Å². The number of methoxy groups -OCH3 is 1. The van der Waals surface area contributed by atoms with Crippen molar-refractivity contribution in [3.63, 3.8) is 0 Å². The summed E-state index contributed by atoms with van der Waals surface area (Å²) in [5.41, 5.74) is 0.113. The number of anilines is 1. The Hall–Kier alpha value is -3.89. The predicted octanol–water partition coefficient (Wildman–Crippen LogP) is 1.66. The van der Waals surface area contributed by atoms with Crippen LogP contribution in [-0.4, -0.2) is 51.3 Å². The molecule has 0 aromatic heterocycles. The first-order chi connectivity index (χ1) is 14.9. The molecule has 31 heavy (non-hydrogen) atoms. The van der Waals surface area contributed by atoms with Crippen molar-refractivity contribution >= 4 is 23.5 Å². The number of carbonyl (C=O) groups is 3. The summed E-state index contributed by atoms with van der Waals surface area (Å²) in [5.74, 6) is -3.43. The Bertz CT molecular complexity index is 996. The van der Waals surface area contributed by atoms with Crippen LogP contribution in [0.3, 0.4) is 0 Å². The van der Waals surface area contributed by atoms with Crippen molar-refractivity contribution < 1.29 is 42.1 Å². The van der Waals surface area contributed by atoms with E-state index in [4.69, 9.17) is 18.9 Å². The van der Waals surface area contributed by atoms with Gasteiger partial charge >= 0.3 is 5.97 Å². The number of hydrogen-bond donors (Lipinski definition) is 2. The molecule has 1 aliphatic rings. The topological polar surface area (TPSA) is 112 Å². The molecule has 0 bridgehead atoms. The van der Waals surface area contributed by atoms with Gasteiger partial charge in [-0.25, -0.2) is 13.6 Å². The lowest BCUT2D eigenvalue weighted by Crippen LogP contribution is -2.35. The van der Waals surface area contributed by atoms with Crippen molar-refractivity contribution in [2.45, 2.75) is 0 Å². The van der Waals surface area contributed by atoms with Gasteiger partial charge in [0.1, 0.15) is 13.2 Å². The molecule has 0 atom stereocenters. The van der Waals surface area contributed by atoms with Crippen molar-refractivity contribution in [3.05, 3.63) is 47.5 Å². The van der Waals surface area contributed by atoms with Gasteiger partial charge in [0, 0.05) is 11.8 Å². The zero-order valence-electron chi connectivity index (χ0n) is 16.3. The van der Waals surface area contributed by atoms with Crippen LogP contribution in [0.4, 0.5) is 14.5 Å². The largest absolute Gasteiger partial charge is 0.493 e. The number of halogens is 2. The first kappa shape index (κ1) is 21.8. The van der Waals surface area contributed by atoms with Crippen LogP contribution in [0.2, 0.25) is 0 Å². The summed E-state index contributed by atoms with van der Waals surface area (Å²) in [6, 6.07) is 5.63. The molecule has 0 radical (unpaired) electrons. The Balaban J connectivity index is 1.48. The fraction of sp³-hybridized carbons (Fsp3) is 0.250. The van der Waals surface area contributed by atoms with Crippen LogP contribution < -0.4 is 24.8 Å². The van der Waals surface area contributed by atoms with Gasteiger partial charge in [-0.3, -0.25) is 9.59 Å². The molecule has 1 heterocycles. The Morgan fingerprint density at radius 2 is 1.81 bits per heavy atom. The second kappa shape index (κ2) is 9.74. The molecule has 0 aliphatic carbocycles. The highest BCUT2D eigenvalue weighted by Gasteiger charge is 2.22. The first-order valence-corrected chi connectivity index (χ1v) is 9.03. The first-order valence-electron chi connectivity index (χ1n) is 9.03. The number of esters is 1. The Morgan fingerprint density at radius 3 is 2.55 bits per heavy atom. The van der Waals surface area contributed by atoms with E-state index in [1.165, 1.54) is 25.3 Å². The van der Waals surface area contributed by atoms with Gasteiger partial charge in [-0.2, -0.15) is 0 Å². The maximum absolute atomic E-state index is 13.1. The van der Waals surface area contributed by atoms with Crippen LogP contribution in [0.1, 0.15) is 10.4 Å². The fourth-order valence-electron chi connectivity index (χ4n) is 2.61. The van der Waals surface area contributed by atoms with Crippen molar-refractivity contribution in [3.8, 4) is 17.2 Å². The molecule has 1 aliphatic heterocycles. The van der Waals surface area contributed by atoms with E-state index < -0.39 is 42.6 Å². The van der Waals surface area contributed by atoms with Crippen LogP contribution in [0.15, 0.2) is 30.3 Å². The zero-order chi connectivity index (χ0) is 22.4. The van der Waals surface area contributed by atoms with E-state index in [-0.39, 0.29) is 17.0 Å². The van der Waals surface area contributed by atoms with Gasteiger partial charge in [-0.15, -0.1) is 0 Å². The summed E-state index contributed by atoms with van der Waals surface area (Å²) < 4.78 is 47.0. The zero-order valence-corrected chi connectivity index (χ0v) is 16.3. The monoisotopic (exact) mass is 436 g/mol. The van der Waals surface area contributed by atoms with Gasteiger partial charge in [-0.05, 0) is 24.3 Å². The van der Waals surface area contributed by atoms with E-state index in [1.807, 2.05) is 0 Å². The Kier molecular flexibility index (Phi) is 6.85. The van der Waals surface area contributed by atoms with Crippen molar-refractivity contribution in [1.29, 1.82) is 0 Å². The molecule has 2 amide bonds. The number of nitrogens with one attached hydrogen (secondary N) is 2. The van der Waals surface area contributed by atoms with E-state index in [1.54, 1.807) is 0 Å². The van der Waals surface area contributed by atoms with Crippen LogP contribution >= 0.6 is 0 Å². The molecule has 164 valence electrons. The summed E-state index contributed by atoms with van der Waals surface area (Å²) >= 11 is 0. The number of hydrogen-bond acceptors (Lipinski definition) is 7. The Morgan fingerprint density at radius 1 is 1.03 bits per heavy atom. The molecule has 0 fully saturated rings. The number of benzene rings is 2. The molecule has 11 heteroatoms. The molecule has 9 nitrogen and oxygen atoms in total. The van der Waals surface area contributed by atoms with E-state index >= 15 is 0 Å². The molecule has 2 aromatic rings. The SMILES string of the molecule is COc1cc(C(=O)OCC(=O)NCC(=O)Nc2ccc(F)c(F)c2)cc2c1OCCO2. The minimum Gasteiger partial charge on any atom is -0.493 e. The molecule has 3 rings (SSSR count). The van der Waals surface area contributed by atoms with E-state index in [0.717, 1.165) is 12.1 Å². The third kappa shape index (κ3) is 5.59. The van der Waals surface area contributed by atoms with Gasteiger partial charge in [0.25, 0.3) is 5.91 Å². The van der Waals surface area contributed by atoms with Gasteiger partial charge in [-0.1, -0.05) is 0 Å². The van der Waals surface area contributed by atoms with Gasteiger partial charge in [0.15, 0.2) is 29.7 Å². The van der Waals surface area contributed by atoms with E-state index in [2.05, 4.69) is 10.6 Å². The average Bonchev–Trinajstić information content (AvgIpc) is 2.77. The summed E-state index contributed by atoms with van der Waals surface area (Å²) in [7, 11) is 1.40. The van der Waals surface area contributed by atoms with Crippen LogP contribution in [0.25, 0.3) is 0 Å². The summed E-state index contributed by atoms with van der Waals surface area (Å²) in [6.07, 6.45) is 0. The highest BCUT2D eigenvalue weighted by atomic mass is 19.2. The average molecular weight is 436 g/mol. The summed E-state index contributed by atoms with van der Waals surface area (Å²) in [4.78, 5) is 35.9. The molecule has 0 saturated carbocycles. The smallest absolute Gasteiger partial charge is 0.338 e. The normalized spacial score (nSPS) is 12.0. The van der Waals surface area contributed by atoms with Crippen molar-refractivity contribution in [2.75, 3.05) is 38.8 Å². The molecular weight excluding hydrogens is 418 g/mol.